The summed E-state index contributed by atoms with van der Waals surface area (Å²) in [4.78, 5) is 11.1. The number of ether oxygens (including phenoxy) is 2. The van der Waals surface area contributed by atoms with E-state index >= 15 is 0 Å². The molecule has 1 saturated heterocycles. The molecule has 1 N–H and O–H groups in total. The van der Waals surface area contributed by atoms with Gasteiger partial charge >= 0.3 is 5.97 Å². The highest BCUT2D eigenvalue weighted by Gasteiger charge is 2.26. The van der Waals surface area contributed by atoms with Gasteiger partial charge in [-0.25, -0.2) is 0 Å². The first kappa shape index (κ1) is 12.5. The number of rotatable bonds is 5. The highest BCUT2D eigenvalue weighted by molar-refractivity contribution is 5.71. The summed E-state index contributed by atoms with van der Waals surface area (Å²) in [7, 11) is 0. The van der Waals surface area contributed by atoms with Crippen LogP contribution in [-0.2, 0) is 14.3 Å². The van der Waals surface area contributed by atoms with E-state index in [0.29, 0.717) is 13.2 Å². The molecule has 4 heteroatoms. The van der Waals surface area contributed by atoms with Crippen LogP contribution in [0.15, 0.2) is 0 Å². The lowest BCUT2D eigenvalue weighted by Gasteiger charge is -2.33. The second-order valence-corrected chi connectivity index (χ2v) is 4.33. The second kappa shape index (κ2) is 6.08. The summed E-state index contributed by atoms with van der Waals surface area (Å²) in [6, 6.07) is 0. The summed E-state index contributed by atoms with van der Waals surface area (Å²) in [6.07, 6.45) is 2.12. The minimum Gasteiger partial charge on any atom is -0.465 e. The third-order valence-electron chi connectivity index (χ3n) is 2.83. The molecule has 0 aromatic heterocycles. The van der Waals surface area contributed by atoms with E-state index in [1.807, 2.05) is 6.92 Å². The van der Waals surface area contributed by atoms with Crippen molar-refractivity contribution in [3.05, 3.63) is 0 Å². The molecule has 0 aromatic rings. The van der Waals surface area contributed by atoms with Gasteiger partial charge in [0.2, 0.25) is 0 Å². The molecule has 1 rings (SSSR count). The van der Waals surface area contributed by atoms with Gasteiger partial charge in [0.15, 0.2) is 0 Å². The molecular weight excluding hydrogens is 194 g/mol. The third kappa shape index (κ3) is 4.62. The Morgan fingerprint density at radius 3 is 2.73 bits per heavy atom. The number of esters is 1. The van der Waals surface area contributed by atoms with Crippen molar-refractivity contribution >= 4 is 5.97 Å². The molecule has 1 aliphatic heterocycles. The van der Waals surface area contributed by atoms with E-state index in [4.69, 9.17) is 9.47 Å². The van der Waals surface area contributed by atoms with Gasteiger partial charge in [0.1, 0.15) is 0 Å². The summed E-state index contributed by atoms with van der Waals surface area (Å²) in [6.45, 7) is 7.33. The van der Waals surface area contributed by atoms with Crippen LogP contribution < -0.4 is 5.32 Å². The first-order chi connectivity index (χ1) is 7.16. The Bertz CT molecular complexity index is 200. The average Bonchev–Trinajstić information content (AvgIpc) is 2.19. The fraction of sp³-hybridized carbons (Fsp3) is 0.909. The van der Waals surface area contributed by atoms with Crippen molar-refractivity contribution in [1.82, 2.24) is 5.32 Å². The normalized spacial score (nSPS) is 19.9. The van der Waals surface area contributed by atoms with Crippen molar-refractivity contribution in [2.75, 3.05) is 32.9 Å². The number of hydrogen-bond donors (Lipinski definition) is 1. The summed E-state index contributed by atoms with van der Waals surface area (Å²) in [5.74, 6) is -0.173. The van der Waals surface area contributed by atoms with Crippen LogP contribution in [-0.4, -0.2) is 38.9 Å². The highest BCUT2D eigenvalue weighted by Crippen LogP contribution is 2.28. The Hall–Kier alpha value is -0.610. The minimum absolute atomic E-state index is 0.173. The Kier molecular flexibility index (Phi) is 5.05. The van der Waals surface area contributed by atoms with Crippen LogP contribution in [0, 0.1) is 5.41 Å². The van der Waals surface area contributed by atoms with Crippen LogP contribution in [0.2, 0.25) is 0 Å². The topological polar surface area (TPSA) is 47.6 Å². The molecule has 1 heterocycles. The standard InChI is InChI=1S/C11H21NO3/c1-3-15-10(13)8-12-9-11(2)4-6-14-7-5-11/h12H,3-9H2,1-2H3. The van der Waals surface area contributed by atoms with Crippen molar-refractivity contribution < 1.29 is 14.3 Å². The van der Waals surface area contributed by atoms with Crippen LogP contribution in [0.4, 0.5) is 0 Å². The van der Waals surface area contributed by atoms with E-state index in [1.54, 1.807) is 0 Å². The van der Waals surface area contributed by atoms with Gasteiger partial charge < -0.3 is 14.8 Å². The monoisotopic (exact) mass is 215 g/mol. The summed E-state index contributed by atoms with van der Waals surface area (Å²) < 4.78 is 10.1. The first-order valence-corrected chi connectivity index (χ1v) is 5.60. The SMILES string of the molecule is CCOC(=O)CNCC1(C)CCOCC1. The van der Waals surface area contributed by atoms with E-state index in [0.717, 1.165) is 32.6 Å². The van der Waals surface area contributed by atoms with Gasteiger partial charge in [-0.3, -0.25) is 4.79 Å². The van der Waals surface area contributed by atoms with Crippen LogP contribution in [0.3, 0.4) is 0 Å². The largest absolute Gasteiger partial charge is 0.465 e. The van der Waals surface area contributed by atoms with Crippen molar-refractivity contribution in [3.8, 4) is 0 Å². The fourth-order valence-electron chi connectivity index (χ4n) is 1.72. The van der Waals surface area contributed by atoms with Crippen molar-refractivity contribution in [3.63, 3.8) is 0 Å². The van der Waals surface area contributed by atoms with Gasteiger partial charge in [-0.1, -0.05) is 6.92 Å². The molecule has 1 fully saturated rings. The molecule has 0 amide bonds. The smallest absolute Gasteiger partial charge is 0.319 e. The Labute approximate surface area is 91.3 Å². The van der Waals surface area contributed by atoms with Gasteiger partial charge in [0.25, 0.3) is 0 Å². The molecule has 0 bridgehead atoms. The van der Waals surface area contributed by atoms with E-state index in [-0.39, 0.29) is 11.4 Å². The zero-order valence-corrected chi connectivity index (χ0v) is 9.67. The summed E-state index contributed by atoms with van der Waals surface area (Å²) in [5, 5.41) is 3.15. The third-order valence-corrected chi connectivity index (χ3v) is 2.83. The van der Waals surface area contributed by atoms with Crippen molar-refractivity contribution in [2.45, 2.75) is 26.7 Å². The molecule has 0 radical (unpaired) electrons. The Balaban J connectivity index is 2.15. The van der Waals surface area contributed by atoms with Crippen LogP contribution >= 0.6 is 0 Å². The first-order valence-electron chi connectivity index (χ1n) is 5.60. The molecule has 0 spiro atoms. The summed E-state index contributed by atoms with van der Waals surface area (Å²) in [5.41, 5.74) is 0.269. The molecule has 1 aliphatic rings. The van der Waals surface area contributed by atoms with E-state index in [2.05, 4.69) is 12.2 Å². The van der Waals surface area contributed by atoms with E-state index < -0.39 is 0 Å². The molecule has 0 saturated carbocycles. The molecule has 0 atom stereocenters. The van der Waals surface area contributed by atoms with Crippen LogP contribution in [0.1, 0.15) is 26.7 Å². The Morgan fingerprint density at radius 1 is 1.47 bits per heavy atom. The lowest BCUT2D eigenvalue weighted by Crippen LogP contribution is -2.39. The molecule has 4 nitrogen and oxygen atoms in total. The quantitative estimate of drug-likeness (QED) is 0.694. The van der Waals surface area contributed by atoms with Crippen LogP contribution in [0.5, 0.6) is 0 Å². The zero-order valence-electron chi connectivity index (χ0n) is 9.67. The van der Waals surface area contributed by atoms with Gasteiger partial charge in [0.05, 0.1) is 13.2 Å². The van der Waals surface area contributed by atoms with Gasteiger partial charge in [-0.15, -0.1) is 0 Å². The minimum atomic E-state index is -0.173. The number of hydrogen-bond acceptors (Lipinski definition) is 4. The van der Waals surface area contributed by atoms with Gasteiger partial charge in [0, 0.05) is 19.8 Å². The molecule has 15 heavy (non-hydrogen) atoms. The fourth-order valence-corrected chi connectivity index (χ4v) is 1.72. The average molecular weight is 215 g/mol. The zero-order chi connectivity index (χ0) is 11.1. The van der Waals surface area contributed by atoms with Gasteiger partial charge in [-0.2, -0.15) is 0 Å². The maximum atomic E-state index is 11.1. The number of nitrogens with one attached hydrogen (secondary N) is 1. The van der Waals surface area contributed by atoms with Crippen LogP contribution in [0.25, 0.3) is 0 Å². The maximum absolute atomic E-state index is 11.1. The lowest BCUT2D eigenvalue weighted by atomic mass is 9.82. The number of carbonyl (C=O) groups is 1. The highest BCUT2D eigenvalue weighted by atomic mass is 16.5. The number of carbonyl (C=O) groups excluding carboxylic acids is 1. The maximum Gasteiger partial charge on any atom is 0.319 e. The lowest BCUT2D eigenvalue weighted by molar-refractivity contribution is -0.142. The molecule has 0 unspecified atom stereocenters. The van der Waals surface area contributed by atoms with Crippen molar-refractivity contribution in [1.29, 1.82) is 0 Å². The predicted molar refractivity (Wildman–Crippen MR) is 57.7 cm³/mol. The molecule has 88 valence electrons. The molecule has 0 aliphatic carbocycles. The van der Waals surface area contributed by atoms with Crippen molar-refractivity contribution in [2.24, 2.45) is 5.41 Å². The Morgan fingerprint density at radius 2 is 2.13 bits per heavy atom. The summed E-state index contributed by atoms with van der Waals surface area (Å²) >= 11 is 0. The predicted octanol–water partition coefficient (Wildman–Crippen LogP) is 0.956. The van der Waals surface area contributed by atoms with E-state index in [9.17, 15) is 4.79 Å². The second-order valence-electron chi connectivity index (χ2n) is 4.33. The van der Waals surface area contributed by atoms with Gasteiger partial charge in [-0.05, 0) is 25.2 Å². The van der Waals surface area contributed by atoms with E-state index in [1.165, 1.54) is 0 Å². The molecule has 0 aromatic carbocycles. The molecular formula is C11H21NO3.